The SMILES string of the molecule is CN(Cc1ccc(F)cc1)C(=O)CNc1cccc(Cl)c1. The maximum Gasteiger partial charge on any atom is 0.241 e. The second kappa shape index (κ2) is 7.09. The molecule has 0 aliphatic carbocycles. The quantitative estimate of drug-likeness (QED) is 0.916. The molecule has 0 saturated carbocycles. The van der Waals surface area contributed by atoms with Crippen molar-refractivity contribution in [2.24, 2.45) is 0 Å². The first-order valence-electron chi connectivity index (χ1n) is 6.52. The lowest BCUT2D eigenvalue weighted by molar-refractivity contribution is -0.128. The van der Waals surface area contributed by atoms with Gasteiger partial charge in [-0.2, -0.15) is 0 Å². The first kappa shape index (κ1) is 15.3. The van der Waals surface area contributed by atoms with E-state index in [1.54, 1.807) is 36.2 Å². The molecule has 0 aliphatic heterocycles. The number of anilines is 1. The molecule has 5 heteroatoms. The van der Waals surface area contributed by atoms with Gasteiger partial charge in [0.25, 0.3) is 0 Å². The van der Waals surface area contributed by atoms with Crippen LogP contribution < -0.4 is 5.32 Å². The molecule has 1 amide bonds. The van der Waals surface area contributed by atoms with Gasteiger partial charge in [0.1, 0.15) is 5.82 Å². The summed E-state index contributed by atoms with van der Waals surface area (Å²) in [7, 11) is 1.71. The fourth-order valence-corrected chi connectivity index (χ4v) is 2.05. The molecule has 21 heavy (non-hydrogen) atoms. The van der Waals surface area contributed by atoms with Crippen LogP contribution in [0.15, 0.2) is 48.5 Å². The van der Waals surface area contributed by atoms with Gasteiger partial charge in [-0.3, -0.25) is 4.79 Å². The van der Waals surface area contributed by atoms with Crippen LogP contribution in [-0.4, -0.2) is 24.4 Å². The summed E-state index contributed by atoms with van der Waals surface area (Å²) in [6.07, 6.45) is 0. The van der Waals surface area contributed by atoms with E-state index < -0.39 is 0 Å². The number of benzene rings is 2. The second-order valence-corrected chi connectivity index (χ2v) is 5.18. The minimum Gasteiger partial charge on any atom is -0.376 e. The summed E-state index contributed by atoms with van der Waals surface area (Å²) in [6, 6.07) is 13.3. The van der Waals surface area contributed by atoms with Gasteiger partial charge >= 0.3 is 0 Å². The van der Waals surface area contributed by atoms with Gasteiger partial charge in [0.15, 0.2) is 0 Å². The molecule has 0 aliphatic rings. The van der Waals surface area contributed by atoms with Gasteiger partial charge in [-0.25, -0.2) is 4.39 Å². The highest BCUT2D eigenvalue weighted by atomic mass is 35.5. The Labute approximate surface area is 128 Å². The van der Waals surface area contributed by atoms with Crippen molar-refractivity contribution in [3.8, 4) is 0 Å². The van der Waals surface area contributed by atoms with Gasteiger partial charge < -0.3 is 10.2 Å². The van der Waals surface area contributed by atoms with E-state index in [0.29, 0.717) is 11.6 Å². The minimum atomic E-state index is -0.282. The Morgan fingerprint density at radius 2 is 1.95 bits per heavy atom. The van der Waals surface area contributed by atoms with Crippen molar-refractivity contribution in [3.63, 3.8) is 0 Å². The molecule has 2 aromatic carbocycles. The highest BCUT2D eigenvalue weighted by Crippen LogP contribution is 2.14. The molecule has 0 saturated heterocycles. The van der Waals surface area contributed by atoms with Crippen LogP contribution in [-0.2, 0) is 11.3 Å². The normalized spacial score (nSPS) is 10.2. The predicted octanol–water partition coefficient (Wildman–Crippen LogP) is 3.55. The lowest BCUT2D eigenvalue weighted by atomic mass is 10.2. The summed E-state index contributed by atoms with van der Waals surface area (Å²) >= 11 is 5.88. The first-order chi connectivity index (χ1) is 10.0. The van der Waals surface area contributed by atoms with E-state index in [1.165, 1.54) is 12.1 Å². The Kier molecular flexibility index (Phi) is 5.17. The highest BCUT2D eigenvalue weighted by molar-refractivity contribution is 6.30. The Bertz CT molecular complexity index is 616. The molecule has 3 nitrogen and oxygen atoms in total. The molecule has 0 aromatic heterocycles. The van der Waals surface area contributed by atoms with E-state index in [0.717, 1.165) is 11.3 Å². The third-order valence-corrected chi connectivity index (χ3v) is 3.26. The van der Waals surface area contributed by atoms with E-state index in [2.05, 4.69) is 5.32 Å². The molecule has 2 aromatic rings. The number of hydrogen-bond acceptors (Lipinski definition) is 2. The maximum atomic E-state index is 12.8. The predicted molar refractivity (Wildman–Crippen MR) is 82.8 cm³/mol. The number of carbonyl (C=O) groups is 1. The van der Waals surface area contributed by atoms with Crippen LogP contribution in [0.25, 0.3) is 0 Å². The van der Waals surface area contributed by atoms with Crippen LogP contribution in [0, 0.1) is 5.82 Å². The third-order valence-electron chi connectivity index (χ3n) is 3.03. The van der Waals surface area contributed by atoms with Gasteiger partial charge in [-0.1, -0.05) is 29.8 Å². The van der Waals surface area contributed by atoms with E-state index in [1.807, 2.05) is 12.1 Å². The fraction of sp³-hybridized carbons (Fsp3) is 0.188. The lowest BCUT2D eigenvalue weighted by Crippen LogP contribution is -2.31. The standard InChI is InChI=1S/C16H16ClFN2O/c1-20(11-12-5-7-14(18)8-6-12)16(21)10-19-15-4-2-3-13(17)9-15/h2-9,19H,10-11H2,1H3. The second-order valence-electron chi connectivity index (χ2n) is 4.74. The zero-order chi connectivity index (χ0) is 15.2. The Hall–Kier alpha value is -2.07. The summed E-state index contributed by atoms with van der Waals surface area (Å²) in [4.78, 5) is 13.6. The van der Waals surface area contributed by atoms with Crippen LogP contribution >= 0.6 is 11.6 Å². The average molecular weight is 307 g/mol. The zero-order valence-corrected chi connectivity index (χ0v) is 12.4. The number of halogens is 2. The molecule has 0 unspecified atom stereocenters. The van der Waals surface area contributed by atoms with E-state index >= 15 is 0 Å². The van der Waals surface area contributed by atoms with Crippen molar-refractivity contribution in [1.82, 2.24) is 4.90 Å². The van der Waals surface area contributed by atoms with Gasteiger partial charge in [0.05, 0.1) is 6.54 Å². The molecule has 0 bridgehead atoms. The van der Waals surface area contributed by atoms with Crippen molar-refractivity contribution in [2.45, 2.75) is 6.54 Å². The number of carbonyl (C=O) groups excluding carboxylic acids is 1. The van der Waals surface area contributed by atoms with Gasteiger partial charge in [-0.15, -0.1) is 0 Å². The monoisotopic (exact) mass is 306 g/mol. The number of amides is 1. The van der Waals surface area contributed by atoms with E-state index in [4.69, 9.17) is 11.6 Å². The number of nitrogens with one attached hydrogen (secondary N) is 1. The highest BCUT2D eigenvalue weighted by Gasteiger charge is 2.09. The molecule has 110 valence electrons. The van der Waals surface area contributed by atoms with Crippen LogP contribution in [0.4, 0.5) is 10.1 Å². The van der Waals surface area contributed by atoms with Gasteiger partial charge in [0, 0.05) is 24.3 Å². The summed E-state index contributed by atoms with van der Waals surface area (Å²) in [6.45, 7) is 0.619. The summed E-state index contributed by atoms with van der Waals surface area (Å²) in [5.74, 6) is -0.338. The number of hydrogen-bond donors (Lipinski definition) is 1. The average Bonchev–Trinajstić information content (AvgIpc) is 2.47. The van der Waals surface area contributed by atoms with Gasteiger partial charge in [0.2, 0.25) is 5.91 Å². The third kappa shape index (κ3) is 4.76. The number of nitrogens with zero attached hydrogens (tertiary/aromatic N) is 1. The topological polar surface area (TPSA) is 32.3 Å². The van der Waals surface area contributed by atoms with Crippen molar-refractivity contribution in [1.29, 1.82) is 0 Å². The molecule has 0 radical (unpaired) electrons. The molecule has 0 fully saturated rings. The molecule has 2 rings (SSSR count). The van der Waals surface area contributed by atoms with Crippen molar-refractivity contribution in [2.75, 3.05) is 18.9 Å². The first-order valence-corrected chi connectivity index (χ1v) is 6.90. The molecule has 1 N–H and O–H groups in total. The Morgan fingerprint density at radius 1 is 1.24 bits per heavy atom. The van der Waals surface area contributed by atoms with Crippen LogP contribution in [0.5, 0.6) is 0 Å². The van der Waals surface area contributed by atoms with Crippen LogP contribution in [0.2, 0.25) is 5.02 Å². The maximum absolute atomic E-state index is 12.8. The smallest absolute Gasteiger partial charge is 0.241 e. The summed E-state index contributed by atoms with van der Waals surface area (Å²) in [5, 5.41) is 3.64. The van der Waals surface area contributed by atoms with Crippen molar-refractivity contribution in [3.05, 3.63) is 64.9 Å². The van der Waals surface area contributed by atoms with Crippen molar-refractivity contribution >= 4 is 23.2 Å². The van der Waals surface area contributed by atoms with Crippen LogP contribution in [0.3, 0.4) is 0 Å². The molecule has 0 atom stereocenters. The molecular formula is C16H16ClFN2O. The number of likely N-dealkylation sites (N-methyl/N-ethyl adjacent to an activating group) is 1. The van der Waals surface area contributed by atoms with Crippen LogP contribution in [0.1, 0.15) is 5.56 Å². The summed E-state index contributed by atoms with van der Waals surface area (Å²) in [5.41, 5.74) is 1.68. The van der Waals surface area contributed by atoms with E-state index in [-0.39, 0.29) is 18.3 Å². The molecule has 0 heterocycles. The number of rotatable bonds is 5. The van der Waals surface area contributed by atoms with E-state index in [9.17, 15) is 9.18 Å². The minimum absolute atomic E-state index is 0.0562. The zero-order valence-electron chi connectivity index (χ0n) is 11.6. The van der Waals surface area contributed by atoms with Gasteiger partial charge in [-0.05, 0) is 35.9 Å². The Balaban J connectivity index is 1.86. The summed E-state index contributed by atoms with van der Waals surface area (Å²) < 4.78 is 12.8. The lowest BCUT2D eigenvalue weighted by Gasteiger charge is -2.18. The Morgan fingerprint density at radius 3 is 2.62 bits per heavy atom. The van der Waals surface area contributed by atoms with Crippen molar-refractivity contribution < 1.29 is 9.18 Å². The largest absolute Gasteiger partial charge is 0.376 e. The molecule has 0 spiro atoms. The fourth-order valence-electron chi connectivity index (χ4n) is 1.86. The molecular weight excluding hydrogens is 291 g/mol.